The van der Waals surface area contributed by atoms with E-state index >= 15 is 0 Å². The Morgan fingerprint density at radius 3 is 2.40 bits per heavy atom. The number of fused-ring (bicyclic) bond motifs is 4. The van der Waals surface area contributed by atoms with Crippen LogP contribution in [0.15, 0.2) is 16.5 Å². The summed E-state index contributed by atoms with van der Waals surface area (Å²) in [5.41, 5.74) is 4.06. The molecule has 1 aromatic carbocycles. The molecule has 0 spiro atoms. The van der Waals surface area contributed by atoms with Gasteiger partial charge in [0.2, 0.25) is 11.8 Å². The largest absolute Gasteiger partial charge is 0.440 e. The lowest BCUT2D eigenvalue weighted by Crippen LogP contribution is -2.46. The first-order valence-electron chi connectivity index (χ1n) is 9.54. The summed E-state index contributed by atoms with van der Waals surface area (Å²) in [7, 11) is 0. The average molecular weight is 338 g/mol. The minimum Gasteiger partial charge on any atom is -0.440 e. The number of rotatable bonds is 1. The van der Waals surface area contributed by atoms with Crippen molar-refractivity contribution in [1.29, 1.82) is 0 Å². The molecule has 2 aliphatic carbocycles. The number of hydrogen-bond donors (Lipinski definition) is 1. The van der Waals surface area contributed by atoms with Gasteiger partial charge in [0, 0.05) is 16.4 Å². The van der Waals surface area contributed by atoms with Crippen LogP contribution < -0.4 is 5.32 Å². The van der Waals surface area contributed by atoms with Gasteiger partial charge in [-0.2, -0.15) is 0 Å². The van der Waals surface area contributed by atoms with Crippen LogP contribution in [-0.4, -0.2) is 16.4 Å². The van der Waals surface area contributed by atoms with Gasteiger partial charge in [0.05, 0.1) is 0 Å². The molecule has 2 aromatic rings. The Bertz CT molecular complexity index is 858. The van der Waals surface area contributed by atoms with Gasteiger partial charge in [-0.05, 0) is 75.1 Å². The first-order chi connectivity index (χ1) is 11.8. The number of hydrogen-bond acceptors (Lipinski definition) is 3. The van der Waals surface area contributed by atoms with Crippen LogP contribution in [0.25, 0.3) is 11.1 Å². The Hall–Kier alpha value is -1.84. The number of amides is 1. The Balaban J connectivity index is 1.59. The van der Waals surface area contributed by atoms with Gasteiger partial charge in [0.15, 0.2) is 5.58 Å². The third kappa shape index (κ3) is 2.19. The molecule has 5 rings (SSSR count). The zero-order chi connectivity index (χ0) is 17.4. The molecule has 132 valence electrons. The van der Waals surface area contributed by atoms with Gasteiger partial charge in [-0.15, -0.1) is 0 Å². The monoisotopic (exact) mass is 338 g/mol. The van der Waals surface area contributed by atoms with Crippen LogP contribution >= 0.6 is 0 Å². The van der Waals surface area contributed by atoms with Crippen LogP contribution in [0, 0.1) is 5.41 Å². The highest BCUT2D eigenvalue weighted by Crippen LogP contribution is 2.55. The second-order valence-electron chi connectivity index (χ2n) is 9.48. The van der Waals surface area contributed by atoms with Gasteiger partial charge in [-0.25, -0.2) is 4.98 Å². The smallest absolute Gasteiger partial charge is 0.226 e. The molecule has 2 heterocycles. The van der Waals surface area contributed by atoms with Crippen molar-refractivity contribution in [2.75, 3.05) is 0 Å². The standard InChI is InChI=1S/C21H26N2O2/c1-19-10-20(2,12-21(3,11-19)23-17(19)24)18-22-15-8-13-6-4-5-7-14(13)9-16(15)25-18/h8-9H,4-7,10-12H2,1-3H3,(H,23,24)/t19-,20+,21+/m1/s1. The number of nitrogens with one attached hydrogen (secondary N) is 1. The summed E-state index contributed by atoms with van der Waals surface area (Å²) < 4.78 is 6.28. The fourth-order valence-corrected chi connectivity index (χ4v) is 6.01. The molecule has 4 nitrogen and oxygen atoms in total. The van der Waals surface area contributed by atoms with Crippen LogP contribution in [0.3, 0.4) is 0 Å². The van der Waals surface area contributed by atoms with Crippen LogP contribution in [0.1, 0.15) is 69.9 Å². The van der Waals surface area contributed by atoms with E-state index in [9.17, 15) is 4.79 Å². The maximum atomic E-state index is 12.5. The second-order valence-corrected chi connectivity index (χ2v) is 9.48. The van der Waals surface area contributed by atoms with E-state index < -0.39 is 0 Å². The highest BCUT2D eigenvalue weighted by molar-refractivity contribution is 5.86. The van der Waals surface area contributed by atoms with Crippen molar-refractivity contribution in [3.05, 3.63) is 29.2 Å². The van der Waals surface area contributed by atoms with Crippen LogP contribution in [-0.2, 0) is 23.1 Å². The summed E-state index contributed by atoms with van der Waals surface area (Å²) in [5, 5.41) is 3.23. The molecule has 1 saturated carbocycles. The Morgan fingerprint density at radius 2 is 1.68 bits per heavy atom. The molecule has 1 N–H and O–H groups in total. The summed E-state index contributed by atoms with van der Waals surface area (Å²) in [4.78, 5) is 17.4. The van der Waals surface area contributed by atoms with Gasteiger partial charge in [-0.1, -0.05) is 13.8 Å². The number of carbonyl (C=O) groups is 1. The zero-order valence-corrected chi connectivity index (χ0v) is 15.4. The van der Waals surface area contributed by atoms with Crippen LogP contribution in [0.5, 0.6) is 0 Å². The van der Waals surface area contributed by atoms with Crippen molar-refractivity contribution >= 4 is 17.0 Å². The van der Waals surface area contributed by atoms with E-state index in [-0.39, 0.29) is 22.3 Å². The number of nitrogens with zero attached hydrogens (tertiary/aromatic N) is 1. The molecule has 3 atom stereocenters. The summed E-state index contributed by atoms with van der Waals surface area (Å²) in [6.07, 6.45) is 7.42. The number of carbonyl (C=O) groups excluding carboxylic acids is 1. The Kier molecular flexibility index (Phi) is 2.87. The van der Waals surface area contributed by atoms with Crippen molar-refractivity contribution in [2.24, 2.45) is 5.41 Å². The summed E-state index contributed by atoms with van der Waals surface area (Å²) in [6.45, 7) is 6.47. The molecule has 1 saturated heterocycles. The minimum atomic E-state index is -0.318. The van der Waals surface area contributed by atoms with E-state index in [1.807, 2.05) is 0 Å². The summed E-state index contributed by atoms with van der Waals surface area (Å²) in [5.74, 6) is 0.990. The average Bonchev–Trinajstić information content (AvgIpc) is 3.01. The van der Waals surface area contributed by atoms with E-state index in [0.29, 0.717) is 0 Å². The fourth-order valence-electron chi connectivity index (χ4n) is 6.01. The molecule has 1 aromatic heterocycles. The predicted molar refractivity (Wildman–Crippen MR) is 96.5 cm³/mol. The summed E-state index contributed by atoms with van der Waals surface area (Å²) >= 11 is 0. The van der Waals surface area contributed by atoms with E-state index in [1.54, 1.807) is 0 Å². The topological polar surface area (TPSA) is 55.1 Å². The van der Waals surface area contributed by atoms with Gasteiger partial charge < -0.3 is 9.73 Å². The number of oxazole rings is 1. The highest BCUT2D eigenvalue weighted by Gasteiger charge is 2.60. The molecular formula is C21H26N2O2. The lowest BCUT2D eigenvalue weighted by atomic mass is 9.60. The molecule has 0 radical (unpaired) electrons. The van der Waals surface area contributed by atoms with E-state index in [1.165, 1.54) is 24.0 Å². The van der Waals surface area contributed by atoms with Crippen molar-refractivity contribution < 1.29 is 9.21 Å². The number of aromatic nitrogens is 1. The Morgan fingerprint density at radius 1 is 1.00 bits per heavy atom. The molecule has 0 unspecified atom stereocenters. The number of benzene rings is 1. The lowest BCUT2D eigenvalue weighted by Gasteiger charge is -2.42. The van der Waals surface area contributed by atoms with Crippen molar-refractivity contribution in [3.63, 3.8) is 0 Å². The lowest BCUT2D eigenvalue weighted by molar-refractivity contribution is -0.127. The SMILES string of the molecule is C[C@]12C[C@@](C)(C[C@](C)(c3nc4cc5c(cc4o3)CCCC5)C1)C(=O)N2. The molecule has 4 heteroatoms. The van der Waals surface area contributed by atoms with Gasteiger partial charge >= 0.3 is 0 Å². The van der Waals surface area contributed by atoms with E-state index in [4.69, 9.17) is 9.40 Å². The van der Waals surface area contributed by atoms with Gasteiger partial charge in [0.25, 0.3) is 0 Å². The first kappa shape index (κ1) is 15.4. The van der Waals surface area contributed by atoms with E-state index in [2.05, 4.69) is 38.2 Å². The third-order valence-electron chi connectivity index (χ3n) is 6.67. The van der Waals surface area contributed by atoms with Crippen molar-refractivity contribution in [1.82, 2.24) is 10.3 Å². The molecule has 1 aliphatic heterocycles. The predicted octanol–water partition coefficient (Wildman–Crippen LogP) is 4.04. The van der Waals surface area contributed by atoms with Crippen molar-refractivity contribution in [2.45, 2.75) is 76.7 Å². The van der Waals surface area contributed by atoms with E-state index in [0.717, 1.165) is 49.1 Å². The fraction of sp³-hybridized carbons (Fsp3) is 0.619. The normalized spacial score (nSPS) is 37.2. The molecule has 2 bridgehead atoms. The third-order valence-corrected chi connectivity index (χ3v) is 6.67. The van der Waals surface area contributed by atoms with Gasteiger partial charge in [0.1, 0.15) is 5.52 Å². The molecule has 1 amide bonds. The van der Waals surface area contributed by atoms with Crippen molar-refractivity contribution in [3.8, 4) is 0 Å². The van der Waals surface area contributed by atoms with Crippen LogP contribution in [0.4, 0.5) is 0 Å². The molecule has 2 fully saturated rings. The van der Waals surface area contributed by atoms with Gasteiger partial charge in [-0.3, -0.25) is 4.79 Å². The first-order valence-corrected chi connectivity index (χ1v) is 9.54. The highest BCUT2D eigenvalue weighted by atomic mass is 16.3. The maximum Gasteiger partial charge on any atom is 0.226 e. The quantitative estimate of drug-likeness (QED) is 0.853. The second kappa shape index (κ2) is 4.66. The van der Waals surface area contributed by atoms with Crippen LogP contribution in [0.2, 0.25) is 0 Å². The maximum absolute atomic E-state index is 12.5. The Labute approximate surface area is 148 Å². The molecule has 3 aliphatic rings. The number of aryl methyl sites for hydroxylation is 2. The summed E-state index contributed by atoms with van der Waals surface area (Å²) in [6, 6.07) is 4.43. The minimum absolute atomic E-state index is 0.154. The molecular weight excluding hydrogens is 312 g/mol. The zero-order valence-electron chi connectivity index (χ0n) is 15.4. The molecule has 25 heavy (non-hydrogen) atoms.